The van der Waals surface area contributed by atoms with Crippen molar-refractivity contribution in [1.29, 1.82) is 0 Å². The van der Waals surface area contributed by atoms with Crippen molar-refractivity contribution in [3.8, 4) is 0 Å². The number of nitrogens with zero attached hydrogens (tertiary/aromatic N) is 1. The number of anilines is 1. The number of nitrogens with one attached hydrogen (secondary N) is 1. The zero-order valence-electron chi connectivity index (χ0n) is 11.1. The number of amidine groups is 1. The van der Waals surface area contributed by atoms with Crippen LogP contribution in [0, 0.1) is 0 Å². The van der Waals surface area contributed by atoms with Gasteiger partial charge in [0.05, 0.1) is 0 Å². The van der Waals surface area contributed by atoms with Gasteiger partial charge < -0.3 is 10.1 Å². The Kier molecular flexibility index (Phi) is 3.74. The van der Waals surface area contributed by atoms with Crippen molar-refractivity contribution in [3.05, 3.63) is 64.1 Å². The van der Waals surface area contributed by atoms with Gasteiger partial charge >= 0.3 is 0 Å². The minimum absolute atomic E-state index is 0.129. The molecule has 2 aromatic carbocycles. The Morgan fingerprint density at radius 1 is 1.20 bits per heavy atom. The molecule has 1 N–H and O–H groups in total. The van der Waals surface area contributed by atoms with E-state index in [-0.39, 0.29) is 6.10 Å². The molecule has 2 aromatic rings. The maximum atomic E-state index is 6.01. The van der Waals surface area contributed by atoms with Gasteiger partial charge in [0.2, 0.25) is 0 Å². The maximum absolute atomic E-state index is 6.01. The van der Waals surface area contributed by atoms with E-state index in [1.807, 2.05) is 37.3 Å². The van der Waals surface area contributed by atoms with Crippen molar-refractivity contribution in [1.82, 2.24) is 0 Å². The van der Waals surface area contributed by atoms with Crippen molar-refractivity contribution < 1.29 is 4.74 Å². The summed E-state index contributed by atoms with van der Waals surface area (Å²) in [6.45, 7) is 2.68. The first-order chi connectivity index (χ1) is 9.78. The first-order valence-corrected chi connectivity index (χ1v) is 7.39. The topological polar surface area (TPSA) is 33.6 Å². The zero-order valence-corrected chi connectivity index (χ0v) is 12.7. The second kappa shape index (κ2) is 5.67. The monoisotopic (exact) mass is 330 g/mol. The van der Waals surface area contributed by atoms with E-state index in [1.54, 1.807) is 0 Å². The van der Waals surface area contributed by atoms with Crippen LogP contribution in [0.3, 0.4) is 0 Å². The fourth-order valence-electron chi connectivity index (χ4n) is 2.28. The maximum Gasteiger partial charge on any atom is 0.290 e. The number of hydrogen-bond donors (Lipinski definition) is 1. The zero-order chi connectivity index (χ0) is 13.9. The summed E-state index contributed by atoms with van der Waals surface area (Å²) in [6, 6.07) is 16.9. The lowest BCUT2D eigenvalue weighted by molar-refractivity contribution is 0.226. The molecule has 1 aliphatic rings. The number of benzene rings is 2. The van der Waals surface area contributed by atoms with Gasteiger partial charge in [0.25, 0.3) is 6.02 Å². The lowest BCUT2D eigenvalue weighted by Crippen LogP contribution is -2.27. The predicted octanol–water partition coefficient (Wildman–Crippen LogP) is 4.36. The number of fused-ring (bicyclic) bond motifs is 1. The molecule has 4 heteroatoms. The highest BCUT2D eigenvalue weighted by Crippen LogP contribution is 2.36. The third-order valence-corrected chi connectivity index (χ3v) is 3.66. The van der Waals surface area contributed by atoms with Crippen molar-refractivity contribution >= 4 is 27.6 Å². The molecule has 0 spiro atoms. The highest BCUT2D eigenvalue weighted by Gasteiger charge is 2.26. The fraction of sp³-hybridized carbons (Fsp3) is 0.188. The Hall–Kier alpha value is -1.81. The van der Waals surface area contributed by atoms with E-state index in [0.717, 1.165) is 21.3 Å². The Morgan fingerprint density at radius 3 is 2.75 bits per heavy atom. The molecular weight excluding hydrogens is 316 g/mol. The van der Waals surface area contributed by atoms with Crippen LogP contribution in [0.1, 0.15) is 24.2 Å². The van der Waals surface area contributed by atoms with Crippen molar-refractivity contribution in [2.45, 2.75) is 13.0 Å². The van der Waals surface area contributed by atoms with Crippen LogP contribution in [0.15, 0.2) is 58.0 Å². The van der Waals surface area contributed by atoms with E-state index < -0.39 is 0 Å². The Balaban J connectivity index is 2.09. The van der Waals surface area contributed by atoms with Crippen LogP contribution >= 0.6 is 15.9 Å². The van der Waals surface area contributed by atoms with E-state index in [9.17, 15) is 0 Å². The molecule has 0 fully saturated rings. The summed E-state index contributed by atoms with van der Waals surface area (Å²) in [7, 11) is 0. The molecule has 3 nitrogen and oxygen atoms in total. The number of halogens is 1. The third-order valence-electron chi connectivity index (χ3n) is 3.17. The average Bonchev–Trinajstić information content (AvgIpc) is 2.48. The van der Waals surface area contributed by atoms with E-state index in [1.165, 1.54) is 0 Å². The van der Waals surface area contributed by atoms with Gasteiger partial charge in [-0.15, -0.1) is 0 Å². The molecule has 0 saturated carbocycles. The summed E-state index contributed by atoms with van der Waals surface area (Å²) >= 11 is 3.52. The minimum atomic E-state index is -0.129. The molecule has 102 valence electrons. The molecule has 0 radical (unpaired) electrons. The lowest BCUT2D eigenvalue weighted by Gasteiger charge is -2.29. The van der Waals surface area contributed by atoms with E-state index in [4.69, 9.17) is 4.74 Å². The highest BCUT2D eigenvalue weighted by atomic mass is 79.9. The largest absolute Gasteiger partial charge is 0.452 e. The fourth-order valence-corrected chi connectivity index (χ4v) is 2.66. The van der Waals surface area contributed by atoms with Crippen LogP contribution in [-0.2, 0) is 4.74 Å². The molecule has 0 bridgehead atoms. The first-order valence-electron chi connectivity index (χ1n) is 6.60. The summed E-state index contributed by atoms with van der Waals surface area (Å²) in [5, 5.41) is 3.23. The quantitative estimate of drug-likeness (QED) is 0.887. The van der Waals surface area contributed by atoms with Gasteiger partial charge in [-0.05, 0) is 30.7 Å². The summed E-state index contributed by atoms with van der Waals surface area (Å²) in [6.07, 6.45) is -0.129. The van der Waals surface area contributed by atoms with Gasteiger partial charge in [-0.3, -0.25) is 0 Å². The van der Waals surface area contributed by atoms with Crippen molar-refractivity contribution in [2.75, 3.05) is 11.9 Å². The molecule has 0 amide bonds. The molecule has 0 aromatic heterocycles. The third kappa shape index (κ3) is 2.56. The smallest absolute Gasteiger partial charge is 0.290 e. The van der Waals surface area contributed by atoms with Gasteiger partial charge in [0.1, 0.15) is 0 Å². The van der Waals surface area contributed by atoms with Crippen LogP contribution in [0.4, 0.5) is 5.69 Å². The molecule has 1 aliphatic heterocycles. The molecular formula is C16H15BrN2O. The van der Waals surface area contributed by atoms with Crippen LogP contribution in [0.5, 0.6) is 0 Å². The van der Waals surface area contributed by atoms with Gasteiger partial charge in [-0.2, -0.15) is 0 Å². The summed E-state index contributed by atoms with van der Waals surface area (Å²) in [5.41, 5.74) is 3.28. The summed E-state index contributed by atoms with van der Waals surface area (Å²) in [5.74, 6) is 0. The average molecular weight is 331 g/mol. The molecule has 1 heterocycles. The van der Waals surface area contributed by atoms with Crippen LogP contribution in [0.2, 0.25) is 0 Å². The van der Waals surface area contributed by atoms with Gasteiger partial charge in [0.15, 0.2) is 6.10 Å². The second-order valence-electron chi connectivity index (χ2n) is 4.54. The lowest BCUT2D eigenvalue weighted by atomic mass is 9.99. The normalized spacial score (nSPS) is 19.1. The minimum Gasteiger partial charge on any atom is -0.452 e. The van der Waals surface area contributed by atoms with Gasteiger partial charge in [-0.25, -0.2) is 4.99 Å². The molecule has 0 saturated heterocycles. The van der Waals surface area contributed by atoms with Crippen LogP contribution in [-0.4, -0.2) is 12.6 Å². The van der Waals surface area contributed by atoms with E-state index in [0.29, 0.717) is 12.6 Å². The second-order valence-corrected chi connectivity index (χ2v) is 5.46. The van der Waals surface area contributed by atoms with Crippen molar-refractivity contribution in [3.63, 3.8) is 0 Å². The summed E-state index contributed by atoms with van der Waals surface area (Å²) < 4.78 is 7.05. The Morgan fingerprint density at radius 2 is 2.00 bits per heavy atom. The van der Waals surface area contributed by atoms with Crippen LogP contribution < -0.4 is 5.32 Å². The SMILES string of the molecule is CCN=C1Nc2ccc(Br)cc2C(c2ccccc2)O1. The van der Waals surface area contributed by atoms with Gasteiger partial charge in [-0.1, -0.05) is 46.3 Å². The molecule has 1 unspecified atom stereocenters. The molecule has 20 heavy (non-hydrogen) atoms. The standard InChI is InChI=1S/C16H15BrN2O/c1-2-18-16-19-14-9-8-12(17)10-13(14)15(20-16)11-6-4-3-5-7-11/h3-10,15H,2H2,1H3,(H,18,19). The number of ether oxygens (including phenoxy) is 1. The predicted molar refractivity (Wildman–Crippen MR) is 85.1 cm³/mol. The molecule has 1 atom stereocenters. The first kappa shape index (κ1) is 13.2. The van der Waals surface area contributed by atoms with E-state index >= 15 is 0 Å². The van der Waals surface area contributed by atoms with E-state index in [2.05, 4.69) is 44.4 Å². The molecule has 3 rings (SSSR count). The summed E-state index contributed by atoms with van der Waals surface area (Å²) in [4.78, 5) is 4.35. The Labute approximate surface area is 126 Å². The highest BCUT2D eigenvalue weighted by molar-refractivity contribution is 9.10. The number of hydrogen-bond acceptors (Lipinski definition) is 2. The molecule has 0 aliphatic carbocycles. The Bertz CT molecular complexity index is 640. The van der Waals surface area contributed by atoms with Gasteiger partial charge in [0, 0.05) is 22.3 Å². The number of rotatable bonds is 2. The van der Waals surface area contributed by atoms with Crippen LogP contribution in [0.25, 0.3) is 0 Å². The number of aliphatic imine (C=N–C) groups is 1. The van der Waals surface area contributed by atoms with Crippen molar-refractivity contribution in [2.24, 2.45) is 4.99 Å².